The minimum atomic E-state index is -3.22. The third-order valence-electron chi connectivity index (χ3n) is 4.79. The third-order valence-corrected chi connectivity index (χ3v) is 6.64. The Morgan fingerprint density at radius 1 is 1.26 bits per heavy atom. The molecule has 2 heterocycles. The van der Waals surface area contributed by atoms with Gasteiger partial charge in [-0.25, -0.2) is 12.7 Å². The van der Waals surface area contributed by atoms with Crippen LogP contribution in [0.5, 0.6) is 0 Å². The quantitative estimate of drug-likeness (QED) is 0.880. The summed E-state index contributed by atoms with van der Waals surface area (Å²) in [6.07, 6.45) is 3.91. The number of fused-ring (bicyclic) bond motifs is 1. The Hall–Kier alpha value is -1.37. The van der Waals surface area contributed by atoms with Gasteiger partial charge in [-0.05, 0) is 36.1 Å². The molecule has 0 aliphatic carbocycles. The van der Waals surface area contributed by atoms with Gasteiger partial charge in [0.2, 0.25) is 10.0 Å². The van der Waals surface area contributed by atoms with Crippen molar-refractivity contribution >= 4 is 20.9 Å². The predicted octanol–water partition coefficient (Wildman–Crippen LogP) is 2.33. The minimum absolute atomic E-state index is 0.0661. The fourth-order valence-electron chi connectivity index (χ4n) is 3.20. The smallest absolute Gasteiger partial charge is 0.218 e. The Labute approximate surface area is 137 Å². The Morgan fingerprint density at radius 2 is 1.96 bits per heavy atom. The first-order valence-electron chi connectivity index (χ1n) is 8.12. The number of H-pyrrole nitrogens is 1. The second kappa shape index (κ2) is 5.92. The SMILES string of the molecule is CC(C)(CN)c1c[nH]c2ccc(CS(=O)(=O)N3CCCC3)cc12. The molecule has 0 bridgehead atoms. The summed E-state index contributed by atoms with van der Waals surface area (Å²) in [7, 11) is -3.22. The maximum Gasteiger partial charge on any atom is 0.218 e. The van der Waals surface area contributed by atoms with E-state index in [2.05, 4.69) is 18.8 Å². The summed E-state index contributed by atoms with van der Waals surface area (Å²) in [6.45, 7) is 6.04. The second-order valence-corrected chi connectivity index (χ2v) is 9.00. The van der Waals surface area contributed by atoms with Crippen molar-refractivity contribution in [2.75, 3.05) is 19.6 Å². The molecule has 0 saturated carbocycles. The van der Waals surface area contributed by atoms with E-state index in [1.54, 1.807) is 4.31 Å². The van der Waals surface area contributed by atoms with Crippen LogP contribution in [0.3, 0.4) is 0 Å². The standard InChI is InChI=1S/C17H25N3O2S/c1-17(2,12-18)15-10-19-16-6-5-13(9-14(15)16)11-23(21,22)20-7-3-4-8-20/h5-6,9-10,19H,3-4,7-8,11-12,18H2,1-2H3. The first-order chi connectivity index (χ1) is 10.8. The van der Waals surface area contributed by atoms with Gasteiger partial charge in [0.1, 0.15) is 0 Å². The molecule has 1 aliphatic rings. The van der Waals surface area contributed by atoms with Crippen LogP contribution in [0, 0.1) is 0 Å². The molecule has 1 aromatic heterocycles. The Morgan fingerprint density at radius 3 is 2.61 bits per heavy atom. The van der Waals surface area contributed by atoms with Crippen LogP contribution in [0.4, 0.5) is 0 Å². The average molecular weight is 335 g/mol. The molecule has 3 N–H and O–H groups in total. The van der Waals surface area contributed by atoms with Crippen LogP contribution in [0.25, 0.3) is 10.9 Å². The van der Waals surface area contributed by atoms with E-state index >= 15 is 0 Å². The molecule has 0 radical (unpaired) electrons. The van der Waals surface area contributed by atoms with Gasteiger partial charge in [0.05, 0.1) is 5.75 Å². The number of benzene rings is 1. The summed E-state index contributed by atoms with van der Waals surface area (Å²) in [5.74, 6) is 0.0661. The molecule has 0 spiro atoms. The number of nitrogens with two attached hydrogens (primary N) is 1. The highest BCUT2D eigenvalue weighted by Crippen LogP contribution is 2.31. The molecule has 1 fully saturated rings. The number of rotatable bonds is 5. The van der Waals surface area contributed by atoms with Gasteiger partial charge >= 0.3 is 0 Å². The molecule has 0 amide bonds. The van der Waals surface area contributed by atoms with Crippen LogP contribution in [0.15, 0.2) is 24.4 Å². The molecule has 5 nitrogen and oxygen atoms in total. The molecule has 1 aromatic carbocycles. The number of hydrogen-bond donors (Lipinski definition) is 2. The number of hydrogen-bond acceptors (Lipinski definition) is 3. The lowest BCUT2D eigenvalue weighted by Gasteiger charge is -2.22. The Kier molecular flexibility index (Phi) is 4.25. The van der Waals surface area contributed by atoms with Gasteiger partial charge < -0.3 is 10.7 Å². The van der Waals surface area contributed by atoms with Gasteiger partial charge in [-0.15, -0.1) is 0 Å². The molecule has 3 rings (SSSR count). The third kappa shape index (κ3) is 3.16. The Bertz CT molecular complexity index is 802. The molecule has 0 unspecified atom stereocenters. The number of nitrogens with one attached hydrogen (secondary N) is 1. The maximum atomic E-state index is 12.5. The van der Waals surface area contributed by atoms with Crippen molar-refractivity contribution in [3.63, 3.8) is 0 Å². The fourth-order valence-corrected chi connectivity index (χ4v) is 4.79. The summed E-state index contributed by atoms with van der Waals surface area (Å²) >= 11 is 0. The molecular weight excluding hydrogens is 310 g/mol. The van der Waals surface area contributed by atoms with Gasteiger partial charge in [0, 0.05) is 42.1 Å². The predicted molar refractivity (Wildman–Crippen MR) is 93.8 cm³/mol. The highest BCUT2D eigenvalue weighted by Gasteiger charge is 2.26. The van der Waals surface area contributed by atoms with Gasteiger partial charge in [0.25, 0.3) is 0 Å². The van der Waals surface area contributed by atoms with E-state index in [1.807, 2.05) is 24.4 Å². The molecule has 23 heavy (non-hydrogen) atoms. The van der Waals surface area contributed by atoms with E-state index in [-0.39, 0.29) is 11.2 Å². The van der Waals surface area contributed by atoms with Crippen LogP contribution in [0.2, 0.25) is 0 Å². The molecule has 1 saturated heterocycles. The minimum Gasteiger partial charge on any atom is -0.361 e. The lowest BCUT2D eigenvalue weighted by molar-refractivity contribution is 0.476. The Balaban J connectivity index is 1.95. The number of aromatic nitrogens is 1. The van der Waals surface area contributed by atoms with Gasteiger partial charge in [0.15, 0.2) is 0 Å². The van der Waals surface area contributed by atoms with Gasteiger partial charge in [-0.1, -0.05) is 19.9 Å². The van der Waals surface area contributed by atoms with Crippen LogP contribution in [0.1, 0.15) is 37.8 Å². The van der Waals surface area contributed by atoms with E-state index in [9.17, 15) is 8.42 Å². The molecule has 1 aliphatic heterocycles. The van der Waals surface area contributed by atoms with Crippen molar-refractivity contribution in [3.8, 4) is 0 Å². The highest BCUT2D eigenvalue weighted by molar-refractivity contribution is 7.88. The van der Waals surface area contributed by atoms with Crippen molar-refractivity contribution in [2.24, 2.45) is 5.73 Å². The largest absolute Gasteiger partial charge is 0.361 e. The molecular formula is C17H25N3O2S. The fraction of sp³-hybridized carbons (Fsp3) is 0.529. The van der Waals surface area contributed by atoms with Crippen LogP contribution in [-0.2, 0) is 21.2 Å². The lowest BCUT2D eigenvalue weighted by atomic mass is 9.84. The van der Waals surface area contributed by atoms with E-state index in [0.717, 1.165) is 34.9 Å². The summed E-state index contributed by atoms with van der Waals surface area (Å²) < 4.78 is 26.6. The van der Waals surface area contributed by atoms with Crippen LogP contribution in [-0.4, -0.2) is 37.3 Å². The van der Waals surface area contributed by atoms with Crippen molar-refractivity contribution in [1.82, 2.24) is 9.29 Å². The summed E-state index contributed by atoms with van der Waals surface area (Å²) in [4.78, 5) is 3.26. The average Bonchev–Trinajstić information content (AvgIpc) is 3.16. The zero-order valence-electron chi connectivity index (χ0n) is 13.8. The summed E-state index contributed by atoms with van der Waals surface area (Å²) in [5, 5.41) is 1.06. The van der Waals surface area contributed by atoms with E-state index < -0.39 is 10.0 Å². The van der Waals surface area contributed by atoms with Crippen molar-refractivity contribution in [2.45, 2.75) is 37.9 Å². The molecule has 2 aromatic rings. The topological polar surface area (TPSA) is 79.2 Å². The molecule has 126 valence electrons. The highest BCUT2D eigenvalue weighted by atomic mass is 32.2. The normalized spacial score (nSPS) is 17.2. The van der Waals surface area contributed by atoms with Crippen LogP contribution >= 0.6 is 0 Å². The van der Waals surface area contributed by atoms with Gasteiger partial charge in [-0.2, -0.15) is 0 Å². The first kappa shape index (κ1) is 16.5. The van der Waals surface area contributed by atoms with Crippen LogP contribution < -0.4 is 5.73 Å². The first-order valence-corrected chi connectivity index (χ1v) is 9.73. The second-order valence-electron chi connectivity index (χ2n) is 7.03. The van der Waals surface area contributed by atoms with E-state index in [1.165, 1.54) is 0 Å². The number of sulfonamides is 1. The monoisotopic (exact) mass is 335 g/mol. The lowest BCUT2D eigenvalue weighted by Crippen LogP contribution is -2.29. The van der Waals surface area contributed by atoms with Crippen molar-refractivity contribution < 1.29 is 8.42 Å². The molecule has 6 heteroatoms. The zero-order valence-corrected chi connectivity index (χ0v) is 14.6. The van der Waals surface area contributed by atoms with Crippen molar-refractivity contribution in [1.29, 1.82) is 0 Å². The van der Waals surface area contributed by atoms with Crippen molar-refractivity contribution in [3.05, 3.63) is 35.5 Å². The number of nitrogens with zero attached hydrogens (tertiary/aromatic N) is 1. The number of aromatic amines is 1. The summed E-state index contributed by atoms with van der Waals surface area (Å²) in [6, 6.07) is 5.85. The summed E-state index contributed by atoms with van der Waals surface area (Å²) in [5.41, 5.74) is 8.73. The maximum absolute atomic E-state index is 12.5. The zero-order chi connectivity index (χ0) is 16.7. The molecule has 0 atom stereocenters. The van der Waals surface area contributed by atoms with Gasteiger partial charge in [-0.3, -0.25) is 0 Å². The van der Waals surface area contributed by atoms with E-state index in [4.69, 9.17) is 5.73 Å². The van der Waals surface area contributed by atoms with E-state index in [0.29, 0.717) is 19.6 Å².